The van der Waals surface area contributed by atoms with Gasteiger partial charge in [0.05, 0.1) is 12.7 Å². The number of aldehydes is 1. The van der Waals surface area contributed by atoms with E-state index < -0.39 is 0 Å². The van der Waals surface area contributed by atoms with Crippen LogP contribution >= 0.6 is 0 Å². The minimum Gasteiger partial charge on any atom is -0.465 e. The minimum atomic E-state index is -0.324. The van der Waals surface area contributed by atoms with Gasteiger partial charge in [0.25, 0.3) is 0 Å². The van der Waals surface area contributed by atoms with Gasteiger partial charge in [-0.15, -0.1) is 0 Å². The van der Waals surface area contributed by atoms with Crippen LogP contribution in [0, 0.1) is 5.92 Å². The third-order valence-electron chi connectivity index (χ3n) is 2.88. The van der Waals surface area contributed by atoms with Gasteiger partial charge < -0.3 is 9.53 Å². The number of hydrogen-bond donors (Lipinski definition) is 0. The van der Waals surface area contributed by atoms with E-state index in [-0.39, 0.29) is 5.97 Å². The van der Waals surface area contributed by atoms with Crippen LogP contribution in [0.3, 0.4) is 0 Å². The van der Waals surface area contributed by atoms with Crippen LogP contribution in [0.4, 0.5) is 0 Å². The highest BCUT2D eigenvalue weighted by atomic mass is 16.5. The highest BCUT2D eigenvalue weighted by Crippen LogP contribution is 2.16. The lowest BCUT2D eigenvalue weighted by atomic mass is 9.93. The Labute approximate surface area is 102 Å². The summed E-state index contributed by atoms with van der Waals surface area (Å²) in [6, 6.07) is 7.38. The van der Waals surface area contributed by atoms with E-state index in [0.717, 1.165) is 24.7 Å². The van der Waals surface area contributed by atoms with Crippen molar-refractivity contribution in [3.63, 3.8) is 0 Å². The third-order valence-corrected chi connectivity index (χ3v) is 2.88. The highest BCUT2D eigenvalue weighted by molar-refractivity contribution is 5.89. The van der Waals surface area contributed by atoms with E-state index in [1.807, 2.05) is 18.2 Å². The number of methoxy groups -OCH3 is 1. The van der Waals surface area contributed by atoms with E-state index >= 15 is 0 Å². The smallest absolute Gasteiger partial charge is 0.337 e. The molecule has 3 heteroatoms. The summed E-state index contributed by atoms with van der Waals surface area (Å²) in [7, 11) is 1.37. The maximum atomic E-state index is 11.4. The van der Waals surface area contributed by atoms with Gasteiger partial charge in [-0.25, -0.2) is 4.79 Å². The lowest BCUT2D eigenvalue weighted by Gasteiger charge is -2.11. The van der Waals surface area contributed by atoms with Gasteiger partial charge in [-0.3, -0.25) is 0 Å². The van der Waals surface area contributed by atoms with Gasteiger partial charge in [-0.05, 0) is 30.0 Å². The van der Waals surface area contributed by atoms with Crippen molar-refractivity contribution < 1.29 is 14.3 Å². The summed E-state index contributed by atoms with van der Waals surface area (Å²) in [5, 5.41) is 0. The van der Waals surface area contributed by atoms with Crippen LogP contribution in [0.15, 0.2) is 24.3 Å². The molecule has 0 heterocycles. The molecule has 1 unspecified atom stereocenters. The zero-order chi connectivity index (χ0) is 12.7. The molecule has 92 valence electrons. The number of benzene rings is 1. The number of rotatable bonds is 6. The van der Waals surface area contributed by atoms with Gasteiger partial charge in [0, 0.05) is 6.42 Å². The first kappa shape index (κ1) is 13.4. The average Bonchev–Trinajstić information content (AvgIpc) is 2.37. The Kier molecular flexibility index (Phi) is 5.40. The molecule has 1 aromatic carbocycles. The summed E-state index contributed by atoms with van der Waals surface area (Å²) in [5.74, 6) is 0.0238. The van der Waals surface area contributed by atoms with Crippen LogP contribution in [0.1, 0.15) is 35.7 Å². The molecule has 1 aromatic rings. The van der Waals surface area contributed by atoms with Crippen LogP contribution in [-0.4, -0.2) is 19.4 Å². The number of carbonyl (C=O) groups is 2. The molecule has 0 fully saturated rings. The molecular weight excluding hydrogens is 216 g/mol. The number of hydrogen-bond acceptors (Lipinski definition) is 3. The molecule has 0 aliphatic heterocycles. The van der Waals surface area contributed by atoms with E-state index in [9.17, 15) is 9.59 Å². The summed E-state index contributed by atoms with van der Waals surface area (Å²) >= 11 is 0. The maximum absolute atomic E-state index is 11.4. The van der Waals surface area contributed by atoms with Crippen molar-refractivity contribution in [1.29, 1.82) is 0 Å². The predicted molar refractivity (Wildman–Crippen MR) is 65.9 cm³/mol. The van der Waals surface area contributed by atoms with Gasteiger partial charge in [-0.1, -0.05) is 25.5 Å². The van der Waals surface area contributed by atoms with Crippen molar-refractivity contribution in [2.45, 2.75) is 26.2 Å². The van der Waals surface area contributed by atoms with E-state index in [1.165, 1.54) is 7.11 Å². The highest BCUT2D eigenvalue weighted by Gasteiger charge is 2.09. The van der Waals surface area contributed by atoms with Crippen LogP contribution in [-0.2, 0) is 16.0 Å². The molecule has 0 bridgehead atoms. The Morgan fingerprint density at radius 2 is 2.24 bits per heavy atom. The number of ether oxygens (including phenoxy) is 1. The molecule has 0 N–H and O–H groups in total. The number of carbonyl (C=O) groups excluding carboxylic acids is 2. The lowest BCUT2D eigenvalue weighted by Crippen LogP contribution is -2.06. The van der Waals surface area contributed by atoms with Crippen LogP contribution in [0.25, 0.3) is 0 Å². The minimum absolute atomic E-state index is 0.324. The first-order valence-corrected chi connectivity index (χ1v) is 5.82. The van der Waals surface area contributed by atoms with E-state index in [2.05, 4.69) is 11.7 Å². The largest absolute Gasteiger partial charge is 0.465 e. The topological polar surface area (TPSA) is 43.4 Å². The molecule has 0 spiro atoms. The monoisotopic (exact) mass is 234 g/mol. The standard InChI is InChI=1S/C14H18O3/c1-3-11(7-8-15)9-12-5-4-6-13(10-12)14(16)17-2/h4-6,8,10-11H,3,7,9H2,1-2H3. The second-order valence-electron chi connectivity index (χ2n) is 4.07. The second-order valence-corrected chi connectivity index (χ2v) is 4.07. The molecule has 1 rings (SSSR count). The van der Waals surface area contributed by atoms with E-state index in [1.54, 1.807) is 6.07 Å². The third kappa shape index (κ3) is 4.02. The Morgan fingerprint density at radius 1 is 1.47 bits per heavy atom. The molecule has 1 atom stereocenters. The molecule has 0 saturated carbocycles. The fourth-order valence-electron chi connectivity index (χ4n) is 1.81. The first-order chi connectivity index (χ1) is 8.21. The second kappa shape index (κ2) is 6.84. The van der Waals surface area contributed by atoms with E-state index in [4.69, 9.17) is 0 Å². The van der Waals surface area contributed by atoms with Gasteiger partial charge in [0.2, 0.25) is 0 Å². The SMILES string of the molecule is CCC(CC=O)Cc1cccc(C(=O)OC)c1. The summed E-state index contributed by atoms with van der Waals surface area (Å²) < 4.78 is 4.67. The van der Waals surface area contributed by atoms with Gasteiger partial charge >= 0.3 is 5.97 Å². The molecule has 17 heavy (non-hydrogen) atoms. The normalized spacial score (nSPS) is 11.9. The summed E-state index contributed by atoms with van der Waals surface area (Å²) in [4.78, 5) is 21.9. The van der Waals surface area contributed by atoms with Crippen molar-refractivity contribution in [3.05, 3.63) is 35.4 Å². The average molecular weight is 234 g/mol. The molecule has 3 nitrogen and oxygen atoms in total. The molecule has 0 saturated heterocycles. The van der Waals surface area contributed by atoms with Gasteiger partial charge in [-0.2, -0.15) is 0 Å². The summed E-state index contributed by atoms with van der Waals surface area (Å²) in [6.07, 6.45) is 3.30. The molecule has 0 aliphatic carbocycles. The fraction of sp³-hybridized carbons (Fsp3) is 0.429. The quantitative estimate of drug-likeness (QED) is 0.561. The van der Waals surface area contributed by atoms with Crippen LogP contribution in [0.2, 0.25) is 0 Å². The van der Waals surface area contributed by atoms with E-state index in [0.29, 0.717) is 17.9 Å². The zero-order valence-corrected chi connectivity index (χ0v) is 10.3. The fourth-order valence-corrected chi connectivity index (χ4v) is 1.81. The molecule has 0 aliphatic rings. The van der Waals surface area contributed by atoms with Crippen LogP contribution in [0.5, 0.6) is 0 Å². The molecule has 0 amide bonds. The van der Waals surface area contributed by atoms with Crippen molar-refractivity contribution in [1.82, 2.24) is 0 Å². The summed E-state index contributed by atoms with van der Waals surface area (Å²) in [6.45, 7) is 2.07. The Balaban J connectivity index is 2.77. The Hall–Kier alpha value is -1.64. The van der Waals surface area contributed by atoms with Crippen molar-refractivity contribution in [2.24, 2.45) is 5.92 Å². The maximum Gasteiger partial charge on any atom is 0.337 e. The lowest BCUT2D eigenvalue weighted by molar-refractivity contribution is -0.108. The van der Waals surface area contributed by atoms with Crippen molar-refractivity contribution in [3.8, 4) is 0 Å². The van der Waals surface area contributed by atoms with Crippen molar-refractivity contribution >= 4 is 12.3 Å². The Bertz CT molecular complexity index is 385. The first-order valence-electron chi connectivity index (χ1n) is 5.82. The number of esters is 1. The molecule has 0 radical (unpaired) electrons. The van der Waals surface area contributed by atoms with Crippen molar-refractivity contribution in [2.75, 3.05) is 7.11 Å². The van der Waals surface area contributed by atoms with Gasteiger partial charge in [0.1, 0.15) is 6.29 Å². The molecular formula is C14H18O3. The molecule has 0 aromatic heterocycles. The zero-order valence-electron chi connectivity index (χ0n) is 10.3. The Morgan fingerprint density at radius 3 is 2.82 bits per heavy atom. The summed E-state index contributed by atoms with van der Waals surface area (Å²) in [5.41, 5.74) is 1.63. The van der Waals surface area contributed by atoms with Crippen LogP contribution < -0.4 is 0 Å². The predicted octanol–water partition coefficient (Wildman–Crippen LogP) is 2.63. The van der Waals surface area contributed by atoms with Gasteiger partial charge in [0.15, 0.2) is 0 Å².